The van der Waals surface area contributed by atoms with Crippen LogP contribution >= 0.6 is 11.6 Å². The normalized spacial score (nSPS) is 11.8. The van der Waals surface area contributed by atoms with E-state index in [1.165, 1.54) is 0 Å². The number of aliphatic carboxylic acids is 1. The molecule has 0 radical (unpaired) electrons. The second-order valence-corrected chi connectivity index (χ2v) is 5.34. The zero-order valence-electron chi connectivity index (χ0n) is 12.4. The fourth-order valence-electron chi connectivity index (χ4n) is 2.11. The third-order valence-electron chi connectivity index (χ3n) is 3.30. The van der Waals surface area contributed by atoms with Crippen LogP contribution in [-0.2, 0) is 11.2 Å². The van der Waals surface area contributed by atoms with Gasteiger partial charge in [-0.25, -0.2) is 4.79 Å². The van der Waals surface area contributed by atoms with Crippen molar-refractivity contribution in [3.8, 4) is 11.5 Å². The van der Waals surface area contributed by atoms with Crippen molar-refractivity contribution in [1.82, 2.24) is 0 Å². The van der Waals surface area contributed by atoms with E-state index in [1.807, 2.05) is 13.0 Å². The molecule has 4 nitrogen and oxygen atoms in total. The van der Waals surface area contributed by atoms with E-state index in [2.05, 4.69) is 0 Å². The van der Waals surface area contributed by atoms with Crippen LogP contribution in [0.25, 0.3) is 0 Å². The lowest BCUT2D eigenvalue weighted by molar-refractivity contribution is -0.145. The molecular formula is C17H17ClO4. The molecule has 0 aliphatic carbocycles. The monoisotopic (exact) mass is 320 g/mol. The molecule has 1 atom stereocenters. The van der Waals surface area contributed by atoms with E-state index in [0.29, 0.717) is 16.5 Å². The summed E-state index contributed by atoms with van der Waals surface area (Å²) in [6.07, 6.45) is -0.720. The van der Waals surface area contributed by atoms with Gasteiger partial charge in [0.15, 0.2) is 6.10 Å². The van der Waals surface area contributed by atoms with E-state index < -0.39 is 12.1 Å². The molecule has 0 spiro atoms. The van der Waals surface area contributed by atoms with Crippen LogP contribution in [0.1, 0.15) is 11.1 Å². The Labute approximate surface area is 134 Å². The first-order valence-electron chi connectivity index (χ1n) is 6.78. The molecule has 0 bridgehead atoms. The standard InChI is InChI=1S/C17H17ClO4/c1-11-8-13(18)7-6-12(11)9-16(17(19)20)22-15-5-3-4-14(10-15)21-2/h3-8,10,16H,9H2,1-2H3,(H,19,20)/t16-/m0/s1. The Morgan fingerprint density at radius 2 is 1.95 bits per heavy atom. The number of hydrogen-bond acceptors (Lipinski definition) is 3. The number of carbonyl (C=O) groups is 1. The maximum Gasteiger partial charge on any atom is 0.345 e. The van der Waals surface area contributed by atoms with Crippen LogP contribution in [-0.4, -0.2) is 24.3 Å². The topological polar surface area (TPSA) is 55.8 Å². The molecule has 2 aromatic rings. The Morgan fingerprint density at radius 3 is 2.59 bits per heavy atom. The molecule has 2 aromatic carbocycles. The van der Waals surface area contributed by atoms with Gasteiger partial charge in [0.25, 0.3) is 0 Å². The molecule has 116 valence electrons. The van der Waals surface area contributed by atoms with E-state index in [-0.39, 0.29) is 6.42 Å². The molecule has 2 rings (SSSR count). The van der Waals surface area contributed by atoms with Crippen LogP contribution < -0.4 is 9.47 Å². The summed E-state index contributed by atoms with van der Waals surface area (Å²) in [5, 5.41) is 10.0. The van der Waals surface area contributed by atoms with E-state index >= 15 is 0 Å². The Kier molecular flexibility index (Phi) is 5.28. The molecule has 0 aliphatic heterocycles. The Morgan fingerprint density at radius 1 is 1.23 bits per heavy atom. The van der Waals surface area contributed by atoms with Crippen molar-refractivity contribution >= 4 is 17.6 Å². The van der Waals surface area contributed by atoms with E-state index in [4.69, 9.17) is 21.1 Å². The maximum atomic E-state index is 11.5. The Balaban J connectivity index is 2.17. The van der Waals surface area contributed by atoms with Gasteiger partial charge < -0.3 is 14.6 Å². The van der Waals surface area contributed by atoms with Gasteiger partial charge in [-0.05, 0) is 42.3 Å². The molecule has 1 N–H and O–H groups in total. The predicted octanol–water partition coefficient (Wildman–Crippen LogP) is 3.73. The number of rotatable bonds is 6. The molecule has 0 aliphatic rings. The fraction of sp³-hybridized carbons (Fsp3) is 0.235. The third-order valence-corrected chi connectivity index (χ3v) is 3.54. The lowest BCUT2D eigenvalue weighted by Gasteiger charge is -2.17. The van der Waals surface area contributed by atoms with Gasteiger partial charge >= 0.3 is 5.97 Å². The van der Waals surface area contributed by atoms with E-state index in [1.54, 1.807) is 43.5 Å². The predicted molar refractivity (Wildman–Crippen MR) is 84.9 cm³/mol. The number of carboxylic acids is 1. The second-order valence-electron chi connectivity index (χ2n) is 4.90. The van der Waals surface area contributed by atoms with Gasteiger partial charge in [-0.15, -0.1) is 0 Å². The van der Waals surface area contributed by atoms with Crippen LogP contribution in [0.15, 0.2) is 42.5 Å². The summed E-state index contributed by atoms with van der Waals surface area (Å²) < 4.78 is 10.7. The summed E-state index contributed by atoms with van der Waals surface area (Å²) in [4.78, 5) is 11.5. The highest BCUT2D eigenvalue weighted by Crippen LogP contribution is 2.22. The smallest absolute Gasteiger partial charge is 0.345 e. The SMILES string of the molecule is COc1cccc(O[C@@H](Cc2ccc(Cl)cc2C)C(=O)O)c1. The first kappa shape index (κ1) is 16.2. The van der Waals surface area contributed by atoms with Crippen molar-refractivity contribution < 1.29 is 19.4 Å². The van der Waals surface area contributed by atoms with Crippen molar-refractivity contribution in [2.24, 2.45) is 0 Å². The lowest BCUT2D eigenvalue weighted by atomic mass is 10.0. The van der Waals surface area contributed by atoms with Gasteiger partial charge in [-0.2, -0.15) is 0 Å². The number of ether oxygens (including phenoxy) is 2. The minimum absolute atomic E-state index is 0.259. The maximum absolute atomic E-state index is 11.5. The average Bonchev–Trinajstić information content (AvgIpc) is 2.49. The van der Waals surface area contributed by atoms with Gasteiger partial charge in [0.1, 0.15) is 11.5 Å². The first-order valence-corrected chi connectivity index (χ1v) is 7.16. The highest BCUT2D eigenvalue weighted by Gasteiger charge is 2.21. The van der Waals surface area contributed by atoms with Gasteiger partial charge in [-0.1, -0.05) is 23.7 Å². The number of aryl methyl sites for hydroxylation is 1. The molecular weight excluding hydrogens is 304 g/mol. The average molecular weight is 321 g/mol. The Bertz CT molecular complexity index is 669. The van der Waals surface area contributed by atoms with Gasteiger partial charge in [0.2, 0.25) is 0 Å². The quantitative estimate of drug-likeness (QED) is 0.881. The molecule has 0 saturated heterocycles. The Hall–Kier alpha value is -2.20. The molecule has 0 amide bonds. The van der Waals surface area contributed by atoms with Crippen molar-refractivity contribution in [2.75, 3.05) is 7.11 Å². The number of benzene rings is 2. The number of hydrogen-bond donors (Lipinski definition) is 1. The molecule has 5 heteroatoms. The largest absolute Gasteiger partial charge is 0.497 e. The van der Waals surface area contributed by atoms with Gasteiger partial charge in [0, 0.05) is 17.5 Å². The third kappa shape index (κ3) is 4.15. The number of methoxy groups -OCH3 is 1. The van der Waals surface area contributed by atoms with Crippen molar-refractivity contribution in [2.45, 2.75) is 19.4 Å². The highest BCUT2D eigenvalue weighted by molar-refractivity contribution is 6.30. The van der Waals surface area contributed by atoms with Crippen molar-refractivity contribution in [3.63, 3.8) is 0 Å². The van der Waals surface area contributed by atoms with Crippen LogP contribution in [0.2, 0.25) is 5.02 Å². The summed E-state index contributed by atoms with van der Waals surface area (Å²) in [6.45, 7) is 1.89. The van der Waals surface area contributed by atoms with Gasteiger partial charge in [0.05, 0.1) is 7.11 Å². The lowest BCUT2D eigenvalue weighted by Crippen LogP contribution is -2.29. The zero-order valence-corrected chi connectivity index (χ0v) is 13.1. The van der Waals surface area contributed by atoms with Crippen LogP contribution in [0.5, 0.6) is 11.5 Å². The number of halogens is 1. The summed E-state index contributed by atoms with van der Waals surface area (Å²) in [5.74, 6) is 0.0554. The second kappa shape index (κ2) is 7.18. The first-order chi connectivity index (χ1) is 10.5. The zero-order chi connectivity index (χ0) is 16.1. The number of carboxylic acid groups (broad SMARTS) is 1. The highest BCUT2D eigenvalue weighted by atomic mass is 35.5. The van der Waals surface area contributed by atoms with Crippen molar-refractivity contribution in [3.05, 3.63) is 58.6 Å². The van der Waals surface area contributed by atoms with Crippen LogP contribution in [0.4, 0.5) is 0 Å². The van der Waals surface area contributed by atoms with E-state index in [9.17, 15) is 9.90 Å². The fourth-order valence-corrected chi connectivity index (χ4v) is 2.33. The molecule has 0 aromatic heterocycles. The van der Waals surface area contributed by atoms with Crippen LogP contribution in [0, 0.1) is 6.92 Å². The summed E-state index contributed by atoms with van der Waals surface area (Å²) in [6, 6.07) is 12.3. The van der Waals surface area contributed by atoms with Crippen molar-refractivity contribution in [1.29, 1.82) is 0 Å². The minimum atomic E-state index is -1.02. The van der Waals surface area contributed by atoms with Crippen LogP contribution in [0.3, 0.4) is 0 Å². The van der Waals surface area contributed by atoms with Gasteiger partial charge in [-0.3, -0.25) is 0 Å². The molecule has 0 fully saturated rings. The summed E-state index contributed by atoms with van der Waals surface area (Å²) in [5.41, 5.74) is 1.83. The molecule has 0 heterocycles. The minimum Gasteiger partial charge on any atom is -0.497 e. The molecule has 0 saturated carbocycles. The summed E-state index contributed by atoms with van der Waals surface area (Å²) >= 11 is 5.92. The van der Waals surface area contributed by atoms with E-state index in [0.717, 1.165) is 11.1 Å². The summed E-state index contributed by atoms with van der Waals surface area (Å²) in [7, 11) is 1.55. The molecule has 0 unspecified atom stereocenters. The molecule has 22 heavy (non-hydrogen) atoms.